The molecule has 7 nitrogen and oxygen atoms in total. The molecule has 3 atom stereocenters. The fraction of sp³-hybridized carbons (Fsp3) is 0.800. The predicted octanol–water partition coefficient (Wildman–Crippen LogP) is 0.0990. The summed E-state index contributed by atoms with van der Waals surface area (Å²) in [7, 11) is 1.15. The number of ether oxygens (including phenoxy) is 2. The molecule has 0 unspecified atom stereocenters. The molecule has 7 heteroatoms. The zero-order chi connectivity index (χ0) is 17.1. The first-order valence-corrected chi connectivity index (χ1v) is 7.18. The number of carbonyl (C=O) groups excluding carboxylic acids is 3. The lowest BCUT2D eigenvalue weighted by Gasteiger charge is -2.49. The molecule has 0 aromatic carbocycles. The maximum Gasteiger partial charge on any atom is 0.337 e. The van der Waals surface area contributed by atoms with E-state index < -0.39 is 46.4 Å². The molecule has 2 rings (SSSR count). The van der Waals surface area contributed by atoms with E-state index >= 15 is 0 Å². The van der Waals surface area contributed by atoms with E-state index in [0.717, 1.165) is 7.11 Å². The minimum absolute atomic E-state index is 0.268. The molecule has 2 fully saturated rings. The van der Waals surface area contributed by atoms with Gasteiger partial charge >= 0.3 is 5.97 Å². The molecule has 0 saturated carbocycles. The van der Waals surface area contributed by atoms with Crippen LogP contribution in [0.5, 0.6) is 0 Å². The van der Waals surface area contributed by atoms with E-state index in [-0.39, 0.29) is 6.61 Å². The number of methoxy groups -OCH3 is 1. The van der Waals surface area contributed by atoms with Gasteiger partial charge < -0.3 is 14.6 Å². The summed E-state index contributed by atoms with van der Waals surface area (Å²) in [6.07, 6.45) is -2.42. The quantitative estimate of drug-likeness (QED) is 0.545. The van der Waals surface area contributed by atoms with Gasteiger partial charge in [0.25, 0.3) is 0 Å². The Morgan fingerprint density at radius 1 is 1.36 bits per heavy atom. The number of Topliss-reactive ketones (excluding diaryl/α,β-unsaturated/α-hetero) is 1. The van der Waals surface area contributed by atoms with Crippen LogP contribution in [-0.4, -0.2) is 59.3 Å². The molecule has 2 heterocycles. The van der Waals surface area contributed by atoms with E-state index in [1.165, 1.54) is 18.7 Å². The number of esters is 1. The van der Waals surface area contributed by atoms with Crippen LogP contribution in [0, 0.1) is 10.8 Å². The number of aliphatic hydroxyl groups is 1. The molecule has 2 aliphatic rings. The van der Waals surface area contributed by atoms with Gasteiger partial charge in [0.05, 0.1) is 13.7 Å². The van der Waals surface area contributed by atoms with Gasteiger partial charge in [0.15, 0.2) is 11.3 Å². The van der Waals surface area contributed by atoms with Crippen molar-refractivity contribution in [3.05, 3.63) is 0 Å². The lowest BCUT2D eigenvalue weighted by Crippen LogP contribution is -2.74. The molecule has 124 valence electrons. The van der Waals surface area contributed by atoms with Crippen LogP contribution in [0.1, 0.15) is 34.6 Å². The van der Waals surface area contributed by atoms with Crippen molar-refractivity contribution in [1.82, 2.24) is 4.90 Å². The molecule has 1 N–H and O–H groups in total. The third-order valence-electron chi connectivity index (χ3n) is 4.48. The van der Waals surface area contributed by atoms with Crippen LogP contribution in [0.2, 0.25) is 0 Å². The third kappa shape index (κ3) is 1.91. The van der Waals surface area contributed by atoms with Crippen LogP contribution >= 0.6 is 0 Å². The van der Waals surface area contributed by atoms with Crippen molar-refractivity contribution in [2.24, 2.45) is 10.8 Å². The summed E-state index contributed by atoms with van der Waals surface area (Å²) in [5.74, 6) is -2.08. The number of amides is 1. The van der Waals surface area contributed by atoms with Gasteiger partial charge in [-0.2, -0.15) is 0 Å². The van der Waals surface area contributed by atoms with Crippen LogP contribution < -0.4 is 0 Å². The number of ketones is 1. The molecule has 0 spiro atoms. The smallest absolute Gasteiger partial charge is 0.337 e. The average Bonchev–Trinajstić information content (AvgIpc) is 2.83. The standard InChI is InChI=1S/C15H23NO6/c1-13(2,3)11-16-10(19)14(4,5)8(17)9(18)15(16,7-22-11)12(20)21-6/h9,11,18H,7H2,1-6H3/t9-,11+,15+/m0/s1. The highest BCUT2D eigenvalue weighted by Gasteiger charge is 2.70. The third-order valence-corrected chi connectivity index (χ3v) is 4.48. The number of hydrogen-bond acceptors (Lipinski definition) is 6. The Morgan fingerprint density at radius 3 is 2.36 bits per heavy atom. The zero-order valence-electron chi connectivity index (χ0n) is 13.8. The Labute approximate surface area is 129 Å². The summed E-state index contributed by atoms with van der Waals surface area (Å²) in [4.78, 5) is 38.9. The number of fused-ring (bicyclic) bond motifs is 1. The second-order valence-corrected chi connectivity index (χ2v) is 7.51. The number of carbonyl (C=O) groups is 3. The minimum atomic E-state index is -1.81. The largest absolute Gasteiger partial charge is 0.467 e. The van der Waals surface area contributed by atoms with E-state index in [0.29, 0.717) is 0 Å². The highest BCUT2D eigenvalue weighted by molar-refractivity contribution is 6.14. The summed E-state index contributed by atoms with van der Waals surface area (Å²) in [6, 6.07) is 0. The van der Waals surface area contributed by atoms with Gasteiger partial charge in [-0.25, -0.2) is 4.79 Å². The van der Waals surface area contributed by atoms with Crippen molar-refractivity contribution < 1.29 is 29.0 Å². The fourth-order valence-electron chi connectivity index (χ4n) is 3.11. The summed E-state index contributed by atoms with van der Waals surface area (Å²) in [6.45, 7) is 8.19. The van der Waals surface area contributed by atoms with Crippen molar-refractivity contribution in [1.29, 1.82) is 0 Å². The number of hydrogen-bond donors (Lipinski definition) is 1. The Kier molecular flexibility index (Phi) is 3.66. The summed E-state index contributed by atoms with van der Waals surface area (Å²) < 4.78 is 10.4. The molecule has 0 radical (unpaired) electrons. The van der Waals surface area contributed by atoms with Gasteiger partial charge in [0.2, 0.25) is 5.91 Å². The van der Waals surface area contributed by atoms with Crippen molar-refractivity contribution in [2.45, 2.75) is 52.5 Å². The van der Waals surface area contributed by atoms with Gasteiger partial charge in [-0.3, -0.25) is 14.5 Å². The molecule has 0 aromatic heterocycles. The topological polar surface area (TPSA) is 93.1 Å². The lowest BCUT2D eigenvalue weighted by molar-refractivity contribution is -0.190. The van der Waals surface area contributed by atoms with Crippen LogP contribution in [0.4, 0.5) is 0 Å². The van der Waals surface area contributed by atoms with E-state index in [2.05, 4.69) is 0 Å². The first-order valence-electron chi connectivity index (χ1n) is 7.18. The fourth-order valence-corrected chi connectivity index (χ4v) is 3.11. The van der Waals surface area contributed by atoms with Gasteiger partial charge in [-0.05, 0) is 13.8 Å². The molecule has 0 bridgehead atoms. The SMILES string of the molecule is COC(=O)[C@]12CO[C@H](C(C)(C)C)N1C(=O)C(C)(C)C(=O)[C@@H]2O. The van der Waals surface area contributed by atoms with E-state index in [1.54, 1.807) is 0 Å². The minimum Gasteiger partial charge on any atom is -0.467 e. The second-order valence-electron chi connectivity index (χ2n) is 7.51. The zero-order valence-corrected chi connectivity index (χ0v) is 13.8. The normalized spacial score (nSPS) is 34.6. The molecular weight excluding hydrogens is 290 g/mol. The Morgan fingerprint density at radius 2 is 1.91 bits per heavy atom. The Hall–Kier alpha value is -1.47. The summed E-state index contributed by atoms with van der Waals surface area (Å²) >= 11 is 0. The second kappa shape index (κ2) is 4.76. The van der Waals surface area contributed by atoms with Crippen molar-refractivity contribution in [3.8, 4) is 0 Å². The van der Waals surface area contributed by atoms with Gasteiger partial charge in [-0.15, -0.1) is 0 Å². The van der Waals surface area contributed by atoms with Crippen molar-refractivity contribution in [2.75, 3.05) is 13.7 Å². The number of rotatable bonds is 1. The van der Waals surface area contributed by atoms with Crippen LogP contribution in [0.25, 0.3) is 0 Å². The van der Waals surface area contributed by atoms with Crippen molar-refractivity contribution in [3.63, 3.8) is 0 Å². The first kappa shape index (κ1) is 16.9. The van der Waals surface area contributed by atoms with Crippen LogP contribution in [-0.2, 0) is 23.9 Å². The van der Waals surface area contributed by atoms with Crippen LogP contribution in [0.3, 0.4) is 0 Å². The molecule has 22 heavy (non-hydrogen) atoms. The molecule has 0 aliphatic carbocycles. The average molecular weight is 313 g/mol. The predicted molar refractivity (Wildman–Crippen MR) is 75.6 cm³/mol. The Balaban J connectivity index is 2.66. The van der Waals surface area contributed by atoms with E-state index in [1.807, 2.05) is 20.8 Å². The van der Waals surface area contributed by atoms with Gasteiger partial charge in [0, 0.05) is 5.41 Å². The summed E-state index contributed by atoms with van der Waals surface area (Å²) in [5.41, 5.74) is -3.73. The van der Waals surface area contributed by atoms with E-state index in [9.17, 15) is 19.5 Å². The maximum atomic E-state index is 12.9. The number of aliphatic hydroxyl groups excluding tert-OH is 1. The maximum absolute atomic E-state index is 12.9. The molecular formula is C15H23NO6. The molecule has 0 aromatic rings. The van der Waals surface area contributed by atoms with E-state index in [4.69, 9.17) is 9.47 Å². The first-order chi connectivity index (χ1) is 9.92. The van der Waals surface area contributed by atoms with Gasteiger partial charge in [-0.1, -0.05) is 20.8 Å². The molecule has 2 saturated heterocycles. The highest BCUT2D eigenvalue weighted by Crippen LogP contribution is 2.46. The molecule has 2 aliphatic heterocycles. The number of nitrogens with zero attached hydrogens (tertiary/aromatic N) is 1. The Bertz CT molecular complexity index is 535. The number of piperidine rings is 1. The van der Waals surface area contributed by atoms with Crippen LogP contribution in [0.15, 0.2) is 0 Å². The lowest BCUT2D eigenvalue weighted by atomic mass is 9.71. The molecule has 1 amide bonds. The monoisotopic (exact) mass is 313 g/mol. The summed E-state index contributed by atoms with van der Waals surface area (Å²) in [5, 5.41) is 10.5. The highest BCUT2D eigenvalue weighted by atomic mass is 16.6. The van der Waals surface area contributed by atoms with Gasteiger partial charge in [0.1, 0.15) is 17.7 Å². The van der Waals surface area contributed by atoms with Crippen molar-refractivity contribution >= 4 is 17.7 Å².